The van der Waals surface area contributed by atoms with Gasteiger partial charge in [-0.25, -0.2) is 19.4 Å². The van der Waals surface area contributed by atoms with Crippen molar-refractivity contribution in [2.24, 2.45) is 17.3 Å². The Kier molecular flexibility index (Phi) is 12.6. The topological polar surface area (TPSA) is 215 Å². The summed E-state index contributed by atoms with van der Waals surface area (Å²) in [4.78, 5) is 86.5. The van der Waals surface area contributed by atoms with E-state index in [-0.39, 0.29) is 70.7 Å². The number of carboxylic acid groups (broad SMARTS) is 1. The minimum Gasteiger partial charge on any atom is -0.495 e. The van der Waals surface area contributed by atoms with E-state index in [1.807, 2.05) is 27.7 Å². The zero-order valence-corrected chi connectivity index (χ0v) is 38.1. The van der Waals surface area contributed by atoms with Crippen molar-refractivity contribution in [2.75, 3.05) is 32.1 Å². The molecule has 6 amide bonds. The number of urea groups is 1. The molecular weight excluding hydrogens is 831 g/mol. The minimum absolute atomic E-state index is 0.00397. The number of benzene rings is 1. The number of hydrogen-bond acceptors (Lipinski definition) is 12. The summed E-state index contributed by atoms with van der Waals surface area (Å²) in [6, 6.07) is -1.03. The molecule has 2 aromatic rings. The smallest absolute Gasteiger partial charge is 0.482 e. The number of methoxy groups -OCH3 is 1. The molecule has 6 atom stereocenters. The van der Waals surface area contributed by atoms with Crippen molar-refractivity contribution in [1.82, 2.24) is 25.4 Å². The van der Waals surface area contributed by atoms with Gasteiger partial charge in [0.05, 0.1) is 35.5 Å². The van der Waals surface area contributed by atoms with E-state index in [0.29, 0.717) is 17.0 Å². The zero-order valence-electron chi connectivity index (χ0n) is 36.5. The van der Waals surface area contributed by atoms with Crippen molar-refractivity contribution in [1.29, 1.82) is 0 Å². The number of anilines is 1. The van der Waals surface area contributed by atoms with Gasteiger partial charge in [0.15, 0.2) is 11.2 Å². The summed E-state index contributed by atoms with van der Waals surface area (Å²) in [5.41, 5.74) is -1.31. The highest BCUT2D eigenvalue weighted by Gasteiger charge is 2.68. The average molecular weight is 887 g/mol. The van der Waals surface area contributed by atoms with Gasteiger partial charge in [0.1, 0.15) is 16.9 Å². The van der Waals surface area contributed by atoms with Crippen molar-refractivity contribution >= 4 is 71.0 Å². The van der Waals surface area contributed by atoms with Crippen LogP contribution in [-0.4, -0.2) is 113 Å². The first-order valence-corrected chi connectivity index (χ1v) is 21.7. The van der Waals surface area contributed by atoms with E-state index in [1.54, 1.807) is 33.8 Å². The fourth-order valence-electron chi connectivity index (χ4n) is 9.25. The molecule has 1 aromatic carbocycles. The van der Waals surface area contributed by atoms with Gasteiger partial charge in [-0.15, -0.1) is 11.3 Å². The molecule has 0 radical (unpaired) electrons. The van der Waals surface area contributed by atoms with Crippen LogP contribution in [0.5, 0.6) is 5.75 Å². The maximum atomic E-state index is 14.9. The van der Waals surface area contributed by atoms with Crippen LogP contribution in [-0.2, 0) is 40.3 Å². The number of amides is 6. The van der Waals surface area contributed by atoms with Crippen molar-refractivity contribution in [2.45, 2.75) is 123 Å². The van der Waals surface area contributed by atoms with Crippen molar-refractivity contribution < 1.29 is 52.7 Å². The van der Waals surface area contributed by atoms with Crippen molar-refractivity contribution in [3.8, 4) is 5.75 Å². The van der Waals surface area contributed by atoms with Crippen LogP contribution in [0, 0.1) is 17.3 Å². The number of imide groups is 1. The van der Waals surface area contributed by atoms with Crippen LogP contribution in [0.4, 0.5) is 14.7 Å². The molecule has 2 unspecified atom stereocenters. The van der Waals surface area contributed by atoms with Gasteiger partial charge in [0, 0.05) is 30.6 Å². The normalized spacial score (nSPS) is 24.3. The fourth-order valence-corrected chi connectivity index (χ4v) is 10.2. The number of nitrogens with zero attached hydrogens (tertiary/aromatic N) is 3. The van der Waals surface area contributed by atoms with Crippen LogP contribution >= 0.6 is 22.9 Å². The molecular formula is C41H56BClN6O11S. The zero-order chi connectivity index (χ0) is 45.1. The van der Waals surface area contributed by atoms with Crippen molar-refractivity contribution in [3.63, 3.8) is 0 Å². The number of carbonyl (C=O) groups is 6. The highest BCUT2D eigenvalue weighted by Crippen LogP contribution is 2.66. The second kappa shape index (κ2) is 16.7. The molecule has 2 aliphatic heterocycles. The lowest BCUT2D eigenvalue weighted by atomic mass is 9.43. The average Bonchev–Trinajstić information content (AvgIpc) is 3.76. The molecule has 0 spiro atoms. The Balaban J connectivity index is 1.40. The number of rotatable bonds is 11. The molecule has 2 saturated heterocycles. The van der Waals surface area contributed by atoms with E-state index < -0.39 is 71.5 Å². The van der Waals surface area contributed by atoms with E-state index in [1.165, 1.54) is 17.4 Å². The maximum Gasteiger partial charge on any atom is 0.482 e. The van der Waals surface area contributed by atoms with Crippen LogP contribution < -0.4 is 20.7 Å². The predicted octanol–water partition coefficient (Wildman–Crippen LogP) is 5.58. The Bertz CT molecular complexity index is 2120. The summed E-state index contributed by atoms with van der Waals surface area (Å²) in [6.07, 6.45) is 0.521. The molecule has 20 heteroatoms. The Hall–Kier alpha value is -4.46. The first kappa shape index (κ1) is 46.1. The molecule has 3 heterocycles. The van der Waals surface area contributed by atoms with Crippen LogP contribution in [0.25, 0.3) is 0 Å². The summed E-state index contributed by atoms with van der Waals surface area (Å²) in [7, 11) is 0.283. The number of nitrogens with one attached hydrogen (secondary N) is 3. The van der Waals surface area contributed by atoms with Crippen LogP contribution in [0.15, 0.2) is 11.4 Å². The lowest BCUT2D eigenvalue weighted by Gasteiger charge is -2.64. The molecule has 2 bridgehead atoms. The number of hydrogen-bond donors (Lipinski definition) is 4. The lowest BCUT2D eigenvalue weighted by Crippen LogP contribution is -2.65. The Morgan fingerprint density at radius 3 is 2.36 bits per heavy atom. The van der Waals surface area contributed by atoms with Crippen LogP contribution in [0.2, 0.25) is 5.02 Å². The molecule has 7 rings (SSSR count). The third-order valence-electron chi connectivity index (χ3n) is 12.5. The largest absolute Gasteiger partial charge is 0.495 e. The number of aromatic carboxylic acids is 1. The standard InChI is InChI=1S/C41H56BClN6O11S/c1-12-48-13-14-49(33(52)32(48)51)36(55)46-29(24-19-61-35(44-24)47-37(56)58-39(5,6)7)31(50)45-27(42-59-26-16-20-15-25(40(20,8)9)41(26,10)60-42)17-21-22(38(2,3)4)18-23(43)28(34(53)54)30(21)57-11/h18-20,25-27,29H,12-17H2,1-11H3,(H,45,50)(H,46,55)(H,53,54)(H,44,47,56)/t20-,25-,26+,27?,29?,41-/m0/s1. The molecule has 5 fully saturated rings. The second-order valence-corrected chi connectivity index (χ2v) is 20.2. The molecule has 5 aliphatic rings. The van der Waals surface area contributed by atoms with Gasteiger partial charge < -0.3 is 39.4 Å². The summed E-state index contributed by atoms with van der Waals surface area (Å²) in [5, 5.41) is 20.0. The Labute approximate surface area is 365 Å². The number of halogens is 1. The highest BCUT2D eigenvalue weighted by molar-refractivity contribution is 7.13. The number of aromatic nitrogens is 1. The Morgan fingerprint density at radius 1 is 1.08 bits per heavy atom. The minimum atomic E-state index is -1.60. The van der Waals surface area contributed by atoms with Crippen LogP contribution in [0.3, 0.4) is 0 Å². The van der Waals surface area contributed by atoms with Crippen molar-refractivity contribution in [3.05, 3.63) is 38.9 Å². The summed E-state index contributed by atoms with van der Waals surface area (Å²) < 4.78 is 24.8. The Morgan fingerprint density at radius 2 is 1.77 bits per heavy atom. The van der Waals surface area contributed by atoms with Gasteiger partial charge in [0.2, 0.25) is 5.91 Å². The molecule has 1 aromatic heterocycles. The third-order valence-corrected chi connectivity index (χ3v) is 13.6. The van der Waals surface area contributed by atoms with E-state index in [2.05, 4.69) is 34.8 Å². The van der Waals surface area contributed by atoms with Gasteiger partial charge in [-0.05, 0) is 88.2 Å². The number of ether oxygens (including phenoxy) is 2. The maximum absolute atomic E-state index is 14.9. The van der Waals surface area contributed by atoms with Gasteiger partial charge in [-0.2, -0.15) is 0 Å². The number of carbonyl (C=O) groups excluding carboxylic acids is 5. The van der Waals surface area contributed by atoms with E-state index in [9.17, 15) is 33.9 Å². The van der Waals surface area contributed by atoms with Gasteiger partial charge in [-0.1, -0.05) is 46.2 Å². The lowest BCUT2D eigenvalue weighted by molar-refractivity contribution is -0.199. The van der Waals surface area contributed by atoms with E-state index in [4.69, 9.17) is 30.4 Å². The molecule has 3 saturated carbocycles. The summed E-state index contributed by atoms with van der Waals surface area (Å²) >= 11 is 7.56. The van der Waals surface area contributed by atoms with Gasteiger partial charge in [-0.3, -0.25) is 24.6 Å². The summed E-state index contributed by atoms with van der Waals surface area (Å²) in [5.74, 6) is -4.50. The molecule has 332 valence electrons. The first-order valence-electron chi connectivity index (χ1n) is 20.4. The van der Waals surface area contributed by atoms with E-state index >= 15 is 0 Å². The number of likely N-dealkylation sites (N-methyl/N-ethyl adjacent to an activating group) is 1. The SMILES string of the molecule is CCN1CCN(C(=O)NC(C(=O)NC(Cc2c(C(C)(C)C)cc(Cl)c(C(=O)O)c2OC)B2O[C@@H]3C[C@@H]4C[C@@H](C4(C)C)[C@]3(C)O2)c2csc(NC(=O)OC(C)(C)C)n2)C(=O)C1=O. The molecule has 61 heavy (non-hydrogen) atoms. The monoisotopic (exact) mass is 886 g/mol. The predicted molar refractivity (Wildman–Crippen MR) is 227 cm³/mol. The number of carboxylic acids is 1. The third kappa shape index (κ3) is 8.93. The second-order valence-electron chi connectivity index (χ2n) is 18.9. The molecule has 17 nitrogen and oxygen atoms in total. The van der Waals surface area contributed by atoms with Crippen LogP contribution in [0.1, 0.15) is 115 Å². The molecule has 4 N–H and O–H groups in total. The first-order chi connectivity index (χ1) is 28.3. The quantitative estimate of drug-likeness (QED) is 0.161. The number of thiazole rings is 1. The highest BCUT2D eigenvalue weighted by atomic mass is 35.5. The van der Waals surface area contributed by atoms with Gasteiger partial charge in [0.25, 0.3) is 0 Å². The fraction of sp³-hybridized carbons (Fsp3) is 0.634. The number of piperazine rings is 1. The molecule has 3 aliphatic carbocycles. The van der Waals surface area contributed by atoms with Gasteiger partial charge >= 0.3 is 37.0 Å². The summed E-state index contributed by atoms with van der Waals surface area (Å²) in [6.45, 7) is 19.3. The van der Waals surface area contributed by atoms with E-state index in [0.717, 1.165) is 29.1 Å².